The summed E-state index contributed by atoms with van der Waals surface area (Å²) in [5.41, 5.74) is 2.19. The van der Waals surface area contributed by atoms with Crippen molar-refractivity contribution in [2.45, 2.75) is 0 Å². The average molecular weight is 362 g/mol. The number of aromatic nitrogens is 3. The van der Waals surface area contributed by atoms with Crippen molar-refractivity contribution in [3.63, 3.8) is 0 Å². The number of nitrogens with one attached hydrogen (secondary N) is 1. The Morgan fingerprint density at radius 2 is 1.81 bits per heavy atom. The van der Waals surface area contributed by atoms with Gasteiger partial charge in [-0.25, -0.2) is 9.67 Å². The Morgan fingerprint density at radius 3 is 2.44 bits per heavy atom. The number of piperazine rings is 1. The van der Waals surface area contributed by atoms with Gasteiger partial charge in [0, 0.05) is 44.1 Å². The second kappa shape index (κ2) is 7.59. The second-order valence-corrected chi connectivity index (χ2v) is 6.65. The molecular weight excluding hydrogens is 340 g/mol. The maximum Gasteiger partial charge on any atom is 0.255 e. The third-order valence-corrected chi connectivity index (χ3v) is 4.73. The van der Waals surface area contributed by atoms with Crippen LogP contribution >= 0.6 is 0 Å². The molecule has 1 aliphatic heterocycles. The highest BCUT2D eigenvalue weighted by atomic mass is 16.1. The number of hydrogen-bond donors (Lipinski definition) is 1. The van der Waals surface area contributed by atoms with Crippen LogP contribution in [0.5, 0.6) is 0 Å². The van der Waals surface area contributed by atoms with Gasteiger partial charge in [-0.05, 0) is 49.5 Å². The Balaban J connectivity index is 1.39. The first-order valence-electron chi connectivity index (χ1n) is 9.00. The predicted molar refractivity (Wildman–Crippen MR) is 105 cm³/mol. The van der Waals surface area contributed by atoms with Crippen LogP contribution in [0.25, 0.3) is 5.69 Å². The van der Waals surface area contributed by atoms with Gasteiger partial charge in [0.15, 0.2) is 0 Å². The lowest BCUT2D eigenvalue weighted by Gasteiger charge is -2.33. The van der Waals surface area contributed by atoms with E-state index in [-0.39, 0.29) is 5.91 Å². The van der Waals surface area contributed by atoms with E-state index in [1.165, 1.54) is 0 Å². The summed E-state index contributed by atoms with van der Waals surface area (Å²) in [6, 6.07) is 13.0. The van der Waals surface area contributed by atoms with Gasteiger partial charge in [-0.3, -0.25) is 4.79 Å². The molecule has 7 nitrogen and oxygen atoms in total. The minimum Gasteiger partial charge on any atom is -0.354 e. The maximum atomic E-state index is 12.5. The lowest BCUT2D eigenvalue weighted by atomic mass is 10.2. The van der Waals surface area contributed by atoms with Crippen molar-refractivity contribution in [3.05, 3.63) is 66.6 Å². The Hall–Kier alpha value is -3.19. The summed E-state index contributed by atoms with van der Waals surface area (Å²) in [6.45, 7) is 4.01. The van der Waals surface area contributed by atoms with Crippen molar-refractivity contribution in [1.82, 2.24) is 19.7 Å². The fourth-order valence-corrected chi connectivity index (χ4v) is 3.07. The van der Waals surface area contributed by atoms with Crippen molar-refractivity contribution in [1.29, 1.82) is 0 Å². The molecule has 1 N–H and O–H groups in total. The van der Waals surface area contributed by atoms with Crippen LogP contribution in [0.2, 0.25) is 0 Å². The zero-order chi connectivity index (χ0) is 18.6. The SMILES string of the molecule is CN1CCN(c2ccc(NC(=O)c3ccc(-n4cccn4)cc3)cn2)CC1. The summed E-state index contributed by atoms with van der Waals surface area (Å²) in [5, 5.41) is 7.08. The standard InChI is InChI=1S/C20H22N6O/c1-24-11-13-25(14-12-24)19-8-5-17(15-21-19)23-20(27)16-3-6-18(7-4-16)26-10-2-9-22-26/h2-10,15H,11-14H2,1H3,(H,23,27). The third-order valence-electron chi connectivity index (χ3n) is 4.73. The van der Waals surface area contributed by atoms with Gasteiger partial charge in [0.05, 0.1) is 17.6 Å². The van der Waals surface area contributed by atoms with Gasteiger partial charge in [0.25, 0.3) is 5.91 Å². The molecule has 2 aromatic heterocycles. The van der Waals surface area contributed by atoms with Gasteiger partial charge < -0.3 is 15.1 Å². The number of anilines is 2. The smallest absolute Gasteiger partial charge is 0.255 e. The number of hydrogen-bond acceptors (Lipinski definition) is 5. The van der Waals surface area contributed by atoms with Crippen molar-refractivity contribution in [2.24, 2.45) is 0 Å². The lowest BCUT2D eigenvalue weighted by Crippen LogP contribution is -2.44. The molecule has 0 atom stereocenters. The number of carbonyl (C=O) groups is 1. The van der Waals surface area contributed by atoms with Gasteiger partial charge >= 0.3 is 0 Å². The van der Waals surface area contributed by atoms with Crippen molar-refractivity contribution < 1.29 is 4.79 Å². The van der Waals surface area contributed by atoms with Crippen LogP contribution in [0, 0.1) is 0 Å². The highest BCUT2D eigenvalue weighted by Gasteiger charge is 2.15. The summed E-state index contributed by atoms with van der Waals surface area (Å²) in [7, 11) is 2.13. The van der Waals surface area contributed by atoms with E-state index in [4.69, 9.17) is 0 Å². The molecule has 0 spiro atoms. The minimum absolute atomic E-state index is 0.156. The van der Waals surface area contributed by atoms with Crippen molar-refractivity contribution >= 4 is 17.4 Å². The van der Waals surface area contributed by atoms with E-state index in [1.807, 2.05) is 36.5 Å². The number of nitrogens with zero attached hydrogens (tertiary/aromatic N) is 5. The molecule has 27 heavy (non-hydrogen) atoms. The van der Waals surface area contributed by atoms with Crippen LogP contribution in [0.15, 0.2) is 61.1 Å². The summed E-state index contributed by atoms with van der Waals surface area (Å²) >= 11 is 0. The van der Waals surface area contributed by atoms with Gasteiger partial charge in [0.2, 0.25) is 0 Å². The van der Waals surface area contributed by atoms with Gasteiger partial charge in [-0.1, -0.05) is 0 Å². The number of rotatable bonds is 4. The van der Waals surface area contributed by atoms with E-state index in [2.05, 4.69) is 32.2 Å². The topological polar surface area (TPSA) is 66.3 Å². The Bertz CT molecular complexity index is 881. The molecule has 0 unspecified atom stereocenters. The van der Waals surface area contributed by atoms with Gasteiger partial charge in [-0.2, -0.15) is 5.10 Å². The molecule has 0 radical (unpaired) electrons. The highest BCUT2D eigenvalue weighted by molar-refractivity contribution is 6.04. The molecule has 7 heteroatoms. The van der Waals surface area contributed by atoms with E-state index >= 15 is 0 Å². The fourth-order valence-electron chi connectivity index (χ4n) is 3.07. The highest BCUT2D eigenvalue weighted by Crippen LogP contribution is 2.17. The zero-order valence-corrected chi connectivity index (χ0v) is 15.2. The molecule has 1 aromatic carbocycles. The van der Waals surface area contributed by atoms with E-state index in [0.717, 1.165) is 37.7 Å². The zero-order valence-electron chi connectivity index (χ0n) is 15.2. The van der Waals surface area contributed by atoms with Gasteiger partial charge in [-0.15, -0.1) is 0 Å². The minimum atomic E-state index is -0.156. The third kappa shape index (κ3) is 3.98. The molecule has 3 aromatic rings. The van der Waals surface area contributed by atoms with Crippen LogP contribution in [0.4, 0.5) is 11.5 Å². The monoisotopic (exact) mass is 362 g/mol. The fraction of sp³-hybridized carbons (Fsp3) is 0.250. The van der Waals surface area contributed by atoms with E-state index in [0.29, 0.717) is 11.3 Å². The number of amides is 1. The average Bonchev–Trinajstić information content (AvgIpc) is 3.24. The quantitative estimate of drug-likeness (QED) is 0.771. The van der Waals surface area contributed by atoms with E-state index < -0.39 is 0 Å². The molecule has 1 saturated heterocycles. The van der Waals surface area contributed by atoms with Crippen LogP contribution in [-0.4, -0.2) is 58.8 Å². The number of likely N-dealkylation sites (N-methyl/N-ethyl adjacent to an activating group) is 1. The van der Waals surface area contributed by atoms with Gasteiger partial charge in [0.1, 0.15) is 5.82 Å². The summed E-state index contributed by atoms with van der Waals surface area (Å²) < 4.78 is 1.75. The van der Waals surface area contributed by atoms with Crippen molar-refractivity contribution in [2.75, 3.05) is 43.4 Å². The Morgan fingerprint density at radius 1 is 1.04 bits per heavy atom. The largest absolute Gasteiger partial charge is 0.354 e. The van der Waals surface area contributed by atoms with Crippen LogP contribution in [0.1, 0.15) is 10.4 Å². The molecule has 138 valence electrons. The predicted octanol–water partition coefficient (Wildman–Crippen LogP) is 2.27. The second-order valence-electron chi connectivity index (χ2n) is 6.65. The first-order chi connectivity index (χ1) is 13.2. The van der Waals surface area contributed by atoms with E-state index in [9.17, 15) is 4.79 Å². The molecule has 4 rings (SSSR count). The normalized spacial score (nSPS) is 14.9. The molecule has 1 fully saturated rings. The lowest BCUT2D eigenvalue weighted by molar-refractivity contribution is 0.102. The molecule has 1 amide bonds. The van der Waals surface area contributed by atoms with Crippen LogP contribution in [-0.2, 0) is 0 Å². The van der Waals surface area contributed by atoms with Crippen molar-refractivity contribution in [3.8, 4) is 5.69 Å². The number of benzene rings is 1. The number of carbonyl (C=O) groups excluding carboxylic acids is 1. The number of pyridine rings is 1. The molecule has 3 heterocycles. The maximum absolute atomic E-state index is 12.5. The summed E-state index contributed by atoms with van der Waals surface area (Å²) in [6.07, 6.45) is 5.30. The molecule has 1 aliphatic rings. The summed E-state index contributed by atoms with van der Waals surface area (Å²) in [5.74, 6) is 0.792. The molecule has 0 bridgehead atoms. The van der Waals surface area contributed by atoms with Crippen LogP contribution < -0.4 is 10.2 Å². The van der Waals surface area contributed by atoms with E-state index in [1.54, 1.807) is 29.2 Å². The molecule has 0 saturated carbocycles. The Labute approximate surface area is 158 Å². The molecule has 0 aliphatic carbocycles. The Kier molecular flexibility index (Phi) is 4.84. The van der Waals surface area contributed by atoms with Crippen LogP contribution in [0.3, 0.4) is 0 Å². The summed E-state index contributed by atoms with van der Waals surface area (Å²) in [4.78, 5) is 21.5. The first-order valence-corrected chi connectivity index (χ1v) is 9.00. The first kappa shape index (κ1) is 17.2. The molecular formula is C20H22N6O.